The van der Waals surface area contributed by atoms with Gasteiger partial charge >= 0.3 is 0 Å². The van der Waals surface area contributed by atoms with Gasteiger partial charge < -0.3 is 5.73 Å². The summed E-state index contributed by atoms with van der Waals surface area (Å²) in [6.07, 6.45) is 6.57. The highest BCUT2D eigenvalue weighted by atomic mass is 15.2. The van der Waals surface area contributed by atoms with Crippen LogP contribution in [-0.2, 0) is 6.42 Å². The quantitative estimate of drug-likeness (QED) is 0.850. The molecule has 0 spiro atoms. The molecule has 0 amide bonds. The van der Waals surface area contributed by atoms with Gasteiger partial charge in [-0.1, -0.05) is 30.2 Å². The number of hydrogen-bond acceptors (Lipinski definition) is 2. The molecule has 20 heavy (non-hydrogen) atoms. The summed E-state index contributed by atoms with van der Waals surface area (Å²) >= 11 is 0. The van der Waals surface area contributed by atoms with E-state index in [1.165, 1.54) is 50.8 Å². The van der Waals surface area contributed by atoms with E-state index in [1.54, 1.807) is 11.1 Å². The van der Waals surface area contributed by atoms with Gasteiger partial charge in [-0.15, -0.1) is 0 Å². The molecule has 1 aliphatic heterocycles. The van der Waals surface area contributed by atoms with E-state index in [0.717, 1.165) is 11.8 Å². The second-order valence-corrected chi connectivity index (χ2v) is 7.23. The van der Waals surface area contributed by atoms with Crippen molar-refractivity contribution in [2.75, 3.05) is 13.1 Å². The zero-order chi connectivity index (χ0) is 13.7. The van der Waals surface area contributed by atoms with E-state index >= 15 is 0 Å². The number of nitrogens with two attached hydrogens (primary N) is 1. The summed E-state index contributed by atoms with van der Waals surface area (Å²) in [6.45, 7) is 4.75. The van der Waals surface area contributed by atoms with Crippen molar-refractivity contribution in [2.24, 2.45) is 17.6 Å². The lowest BCUT2D eigenvalue weighted by molar-refractivity contribution is 0.230. The molecule has 2 nitrogen and oxygen atoms in total. The minimum absolute atomic E-state index is 0.456. The van der Waals surface area contributed by atoms with Crippen molar-refractivity contribution in [3.8, 4) is 0 Å². The van der Waals surface area contributed by atoms with Gasteiger partial charge in [-0.05, 0) is 55.6 Å². The summed E-state index contributed by atoms with van der Waals surface area (Å²) in [7, 11) is 0. The average molecular weight is 270 g/mol. The fourth-order valence-corrected chi connectivity index (χ4v) is 4.88. The van der Waals surface area contributed by atoms with Crippen LogP contribution in [0.1, 0.15) is 48.4 Å². The standard InChI is InChI=1S/C18H26N2/c1-12-5-6-13-7-8-18(15(13)9-12)20-10-14-3-2-4-17(19)16(14)11-20/h5-6,9,14,16-18H,2-4,7-8,10-11,19H2,1H3. The zero-order valence-electron chi connectivity index (χ0n) is 12.5. The van der Waals surface area contributed by atoms with Gasteiger partial charge in [-0.3, -0.25) is 4.90 Å². The van der Waals surface area contributed by atoms with Gasteiger partial charge in [0.1, 0.15) is 0 Å². The normalized spacial score (nSPS) is 36.9. The van der Waals surface area contributed by atoms with Gasteiger partial charge in [0.15, 0.2) is 0 Å². The molecule has 1 aromatic rings. The van der Waals surface area contributed by atoms with Crippen molar-refractivity contribution in [3.63, 3.8) is 0 Å². The molecule has 2 aliphatic carbocycles. The van der Waals surface area contributed by atoms with Gasteiger partial charge in [0, 0.05) is 25.2 Å². The van der Waals surface area contributed by atoms with Gasteiger partial charge in [-0.2, -0.15) is 0 Å². The van der Waals surface area contributed by atoms with Crippen molar-refractivity contribution >= 4 is 0 Å². The Balaban J connectivity index is 1.57. The number of likely N-dealkylation sites (tertiary alicyclic amines) is 1. The number of hydrogen-bond donors (Lipinski definition) is 1. The smallest absolute Gasteiger partial charge is 0.0354 e. The van der Waals surface area contributed by atoms with Gasteiger partial charge in [0.2, 0.25) is 0 Å². The first-order valence-electron chi connectivity index (χ1n) is 8.31. The fourth-order valence-electron chi connectivity index (χ4n) is 4.88. The van der Waals surface area contributed by atoms with Crippen LogP contribution in [0.2, 0.25) is 0 Å². The predicted molar refractivity (Wildman–Crippen MR) is 82.6 cm³/mol. The van der Waals surface area contributed by atoms with Crippen molar-refractivity contribution in [1.29, 1.82) is 0 Å². The molecule has 4 rings (SSSR count). The molecular formula is C18H26N2. The second-order valence-electron chi connectivity index (χ2n) is 7.23. The monoisotopic (exact) mass is 270 g/mol. The Labute approximate surface area is 122 Å². The molecule has 4 unspecified atom stereocenters. The summed E-state index contributed by atoms with van der Waals surface area (Å²) < 4.78 is 0. The van der Waals surface area contributed by atoms with Gasteiger partial charge in [-0.25, -0.2) is 0 Å². The van der Waals surface area contributed by atoms with Crippen LogP contribution in [0, 0.1) is 18.8 Å². The molecule has 3 aliphatic rings. The first-order valence-corrected chi connectivity index (χ1v) is 8.31. The number of rotatable bonds is 1. The zero-order valence-corrected chi connectivity index (χ0v) is 12.5. The minimum atomic E-state index is 0.456. The maximum absolute atomic E-state index is 6.37. The van der Waals surface area contributed by atoms with E-state index in [0.29, 0.717) is 12.1 Å². The predicted octanol–water partition coefficient (Wildman–Crippen LogP) is 3.04. The second kappa shape index (κ2) is 4.85. The van der Waals surface area contributed by atoms with Crippen molar-refractivity contribution in [2.45, 2.75) is 51.1 Å². The van der Waals surface area contributed by atoms with E-state index in [9.17, 15) is 0 Å². The minimum Gasteiger partial charge on any atom is -0.327 e. The highest BCUT2D eigenvalue weighted by Gasteiger charge is 2.42. The van der Waals surface area contributed by atoms with E-state index in [2.05, 4.69) is 30.0 Å². The van der Waals surface area contributed by atoms with E-state index in [1.807, 2.05) is 0 Å². The van der Waals surface area contributed by atoms with Crippen LogP contribution in [0.15, 0.2) is 18.2 Å². The third-order valence-corrected chi connectivity index (χ3v) is 5.97. The molecule has 0 aromatic heterocycles. The Morgan fingerprint density at radius 1 is 1.15 bits per heavy atom. The van der Waals surface area contributed by atoms with E-state index in [4.69, 9.17) is 5.73 Å². The molecule has 2 fully saturated rings. The molecule has 2 N–H and O–H groups in total. The van der Waals surface area contributed by atoms with Crippen LogP contribution in [0.4, 0.5) is 0 Å². The Morgan fingerprint density at radius 2 is 2.05 bits per heavy atom. The van der Waals surface area contributed by atoms with Crippen LogP contribution in [-0.4, -0.2) is 24.0 Å². The lowest BCUT2D eigenvalue weighted by Gasteiger charge is -2.30. The first-order chi connectivity index (χ1) is 9.72. The average Bonchev–Trinajstić information content (AvgIpc) is 3.02. The lowest BCUT2D eigenvalue weighted by Crippen LogP contribution is -2.38. The molecule has 1 aromatic carbocycles. The van der Waals surface area contributed by atoms with Crippen molar-refractivity contribution < 1.29 is 0 Å². The molecule has 1 heterocycles. The van der Waals surface area contributed by atoms with Crippen LogP contribution < -0.4 is 5.73 Å². The third kappa shape index (κ3) is 2.01. The summed E-state index contributed by atoms with van der Waals surface area (Å²) in [6, 6.07) is 8.16. The van der Waals surface area contributed by atoms with Crippen LogP contribution in [0.3, 0.4) is 0 Å². The highest BCUT2D eigenvalue weighted by Crippen LogP contribution is 2.43. The Hall–Kier alpha value is -0.860. The van der Waals surface area contributed by atoms with Gasteiger partial charge in [0.25, 0.3) is 0 Å². The van der Waals surface area contributed by atoms with E-state index < -0.39 is 0 Å². The van der Waals surface area contributed by atoms with Crippen LogP contribution >= 0.6 is 0 Å². The van der Waals surface area contributed by atoms with Crippen molar-refractivity contribution in [1.82, 2.24) is 4.90 Å². The molecule has 1 saturated carbocycles. The molecule has 4 atom stereocenters. The largest absolute Gasteiger partial charge is 0.327 e. The SMILES string of the molecule is Cc1ccc2c(c1)C(N1CC3CCCC(N)C3C1)CC2. The van der Waals surface area contributed by atoms with Crippen molar-refractivity contribution in [3.05, 3.63) is 34.9 Å². The Kier molecular flexibility index (Phi) is 3.12. The van der Waals surface area contributed by atoms with Crippen LogP contribution in [0.5, 0.6) is 0 Å². The molecule has 0 radical (unpaired) electrons. The number of fused-ring (bicyclic) bond motifs is 2. The molecule has 1 saturated heterocycles. The summed E-state index contributed by atoms with van der Waals surface area (Å²) in [5.41, 5.74) is 11.0. The molecular weight excluding hydrogens is 244 g/mol. The summed E-state index contributed by atoms with van der Waals surface area (Å²) in [4.78, 5) is 2.76. The summed E-state index contributed by atoms with van der Waals surface area (Å²) in [5, 5.41) is 0. The molecule has 2 heteroatoms. The number of nitrogens with zero attached hydrogens (tertiary/aromatic N) is 1. The number of aryl methyl sites for hydroxylation is 2. The first kappa shape index (κ1) is 12.8. The molecule has 0 bridgehead atoms. The van der Waals surface area contributed by atoms with E-state index in [-0.39, 0.29) is 0 Å². The number of benzene rings is 1. The lowest BCUT2D eigenvalue weighted by atomic mass is 9.78. The van der Waals surface area contributed by atoms with Crippen LogP contribution in [0.25, 0.3) is 0 Å². The van der Waals surface area contributed by atoms with Gasteiger partial charge in [0.05, 0.1) is 0 Å². The Bertz CT molecular complexity index is 510. The topological polar surface area (TPSA) is 29.3 Å². The Morgan fingerprint density at radius 3 is 2.90 bits per heavy atom. The maximum atomic E-state index is 6.37. The maximum Gasteiger partial charge on any atom is 0.0354 e. The fraction of sp³-hybridized carbons (Fsp3) is 0.667. The third-order valence-electron chi connectivity index (χ3n) is 5.97. The summed E-state index contributed by atoms with van der Waals surface area (Å²) in [5.74, 6) is 1.63. The highest BCUT2D eigenvalue weighted by molar-refractivity contribution is 5.37. The molecule has 108 valence electrons.